The minimum Gasteiger partial charge on any atom is -0.379 e. The lowest BCUT2D eigenvalue weighted by atomic mass is 9.94. The fourth-order valence-electron chi connectivity index (χ4n) is 3.48. The second-order valence-corrected chi connectivity index (χ2v) is 6.37. The quantitative estimate of drug-likeness (QED) is 0.876. The highest BCUT2D eigenvalue weighted by Crippen LogP contribution is 2.29. The van der Waals surface area contributed by atoms with Gasteiger partial charge >= 0.3 is 0 Å². The Balaban J connectivity index is 0.00000176. The number of benzene rings is 1. The van der Waals surface area contributed by atoms with E-state index in [1.165, 1.54) is 25.3 Å². The molecule has 3 rings (SSSR count). The molecule has 2 aliphatic rings. The maximum absolute atomic E-state index is 13.2. The monoisotopic (exact) mass is 348 g/mol. The van der Waals surface area contributed by atoms with Gasteiger partial charge in [-0.15, -0.1) is 12.4 Å². The van der Waals surface area contributed by atoms with Gasteiger partial charge in [0, 0.05) is 25.2 Å². The van der Waals surface area contributed by atoms with Crippen LogP contribution in [-0.4, -0.2) is 31.8 Å². The Bertz CT molecular complexity index is 483. The Hall–Kier alpha value is -0.390. The van der Waals surface area contributed by atoms with Crippen LogP contribution < -0.4 is 10.6 Å². The van der Waals surface area contributed by atoms with Gasteiger partial charge in [-0.1, -0.05) is 24.1 Å². The maximum atomic E-state index is 13.2. The molecule has 0 amide bonds. The first kappa shape index (κ1) is 18.0. The Kier molecular flexibility index (Phi) is 6.90. The molecule has 124 valence electrons. The van der Waals surface area contributed by atoms with Crippen LogP contribution in [0.3, 0.4) is 0 Å². The summed E-state index contributed by atoms with van der Waals surface area (Å²) in [5.41, 5.74) is 1.03. The molecule has 6 heteroatoms. The number of nitrogens with one attached hydrogen (secondary N) is 2. The van der Waals surface area contributed by atoms with Gasteiger partial charge in [-0.2, -0.15) is 0 Å². The van der Waals surface area contributed by atoms with E-state index in [0.717, 1.165) is 31.9 Å². The van der Waals surface area contributed by atoms with Crippen molar-refractivity contribution in [2.45, 2.75) is 37.9 Å². The fourth-order valence-corrected chi connectivity index (χ4v) is 3.69. The molecule has 22 heavy (non-hydrogen) atoms. The summed E-state index contributed by atoms with van der Waals surface area (Å²) >= 11 is 5.83. The third-order valence-corrected chi connectivity index (χ3v) is 4.88. The second-order valence-electron chi connectivity index (χ2n) is 5.97. The zero-order chi connectivity index (χ0) is 14.7. The van der Waals surface area contributed by atoms with Crippen LogP contribution >= 0.6 is 24.0 Å². The van der Waals surface area contributed by atoms with Crippen LogP contribution in [0, 0.1) is 11.7 Å². The molecule has 1 aromatic rings. The van der Waals surface area contributed by atoms with Gasteiger partial charge in [0.2, 0.25) is 0 Å². The summed E-state index contributed by atoms with van der Waals surface area (Å²) in [6.07, 6.45) is 3.69. The third-order valence-electron chi connectivity index (χ3n) is 4.59. The van der Waals surface area contributed by atoms with E-state index < -0.39 is 0 Å². The summed E-state index contributed by atoms with van der Waals surface area (Å²) in [6.45, 7) is 3.30. The zero-order valence-corrected chi connectivity index (χ0v) is 14.1. The van der Waals surface area contributed by atoms with E-state index in [9.17, 15) is 4.39 Å². The zero-order valence-electron chi connectivity index (χ0n) is 12.5. The summed E-state index contributed by atoms with van der Waals surface area (Å²) in [5, 5.41) is 7.38. The lowest BCUT2D eigenvalue weighted by Crippen LogP contribution is -2.50. The molecule has 0 spiro atoms. The van der Waals surface area contributed by atoms with Crippen LogP contribution in [0.1, 0.15) is 24.8 Å². The highest BCUT2D eigenvalue weighted by atomic mass is 35.5. The molecule has 3 unspecified atom stereocenters. The van der Waals surface area contributed by atoms with E-state index in [1.807, 2.05) is 0 Å². The molecule has 1 aliphatic carbocycles. The maximum Gasteiger partial charge on any atom is 0.141 e. The summed E-state index contributed by atoms with van der Waals surface area (Å²) in [4.78, 5) is 0. The minimum absolute atomic E-state index is 0. The van der Waals surface area contributed by atoms with Crippen LogP contribution in [-0.2, 0) is 11.3 Å². The fraction of sp³-hybridized carbons (Fsp3) is 0.625. The standard InChI is InChI=1S/C16H22ClFN2O.ClH/c17-13-8-11(4-5-14(13)18)9-20-15-3-1-2-12(15)16-10-21-7-6-19-16;/h4-5,8,12,15-16,19-20H,1-3,6-7,9-10H2;1H. The van der Waals surface area contributed by atoms with E-state index >= 15 is 0 Å². The van der Waals surface area contributed by atoms with E-state index in [4.69, 9.17) is 16.3 Å². The molecular weight excluding hydrogens is 326 g/mol. The van der Waals surface area contributed by atoms with Gasteiger partial charge in [-0.05, 0) is 36.5 Å². The van der Waals surface area contributed by atoms with Gasteiger partial charge in [-0.25, -0.2) is 4.39 Å². The first-order chi connectivity index (χ1) is 10.2. The van der Waals surface area contributed by atoms with Gasteiger partial charge in [-0.3, -0.25) is 0 Å². The third kappa shape index (κ3) is 4.33. The molecule has 3 nitrogen and oxygen atoms in total. The Morgan fingerprint density at radius 1 is 1.36 bits per heavy atom. The highest BCUT2D eigenvalue weighted by Gasteiger charge is 2.34. The van der Waals surface area contributed by atoms with Crippen molar-refractivity contribution in [3.63, 3.8) is 0 Å². The Labute approximate surface area is 142 Å². The Morgan fingerprint density at radius 3 is 2.95 bits per heavy atom. The predicted octanol–water partition coefficient (Wildman–Crippen LogP) is 3.15. The predicted molar refractivity (Wildman–Crippen MR) is 89.2 cm³/mol. The molecule has 1 heterocycles. The summed E-state index contributed by atoms with van der Waals surface area (Å²) < 4.78 is 18.8. The average molecular weight is 349 g/mol. The number of ether oxygens (including phenoxy) is 1. The molecule has 1 saturated heterocycles. The lowest BCUT2D eigenvalue weighted by molar-refractivity contribution is 0.0524. The summed E-state index contributed by atoms with van der Waals surface area (Å²) in [5.74, 6) is 0.254. The highest BCUT2D eigenvalue weighted by molar-refractivity contribution is 6.30. The van der Waals surface area contributed by atoms with E-state index in [-0.39, 0.29) is 23.2 Å². The average Bonchev–Trinajstić information content (AvgIpc) is 2.98. The van der Waals surface area contributed by atoms with Crippen molar-refractivity contribution in [1.29, 1.82) is 0 Å². The molecular formula is C16H23Cl2FN2O. The van der Waals surface area contributed by atoms with Gasteiger partial charge < -0.3 is 15.4 Å². The molecule has 0 aromatic heterocycles. The van der Waals surface area contributed by atoms with Crippen molar-refractivity contribution >= 4 is 24.0 Å². The molecule has 1 aromatic carbocycles. The number of hydrogen-bond acceptors (Lipinski definition) is 3. The number of morpholine rings is 1. The summed E-state index contributed by atoms with van der Waals surface area (Å²) in [6, 6.07) is 5.88. The van der Waals surface area contributed by atoms with Crippen LogP contribution in [0.15, 0.2) is 18.2 Å². The van der Waals surface area contributed by atoms with Gasteiger partial charge in [0.25, 0.3) is 0 Å². The number of hydrogen-bond donors (Lipinski definition) is 2. The van der Waals surface area contributed by atoms with E-state index in [0.29, 0.717) is 18.0 Å². The van der Waals surface area contributed by atoms with Crippen molar-refractivity contribution in [3.05, 3.63) is 34.6 Å². The van der Waals surface area contributed by atoms with Crippen LogP contribution in [0.4, 0.5) is 4.39 Å². The molecule has 3 atom stereocenters. The van der Waals surface area contributed by atoms with E-state index in [1.54, 1.807) is 12.1 Å². The smallest absolute Gasteiger partial charge is 0.141 e. The Morgan fingerprint density at radius 2 is 2.23 bits per heavy atom. The lowest BCUT2D eigenvalue weighted by Gasteiger charge is -2.33. The van der Waals surface area contributed by atoms with Crippen LogP contribution in [0.25, 0.3) is 0 Å². The molecule has 1 aliphatic heterocycles. The van der Waals surface area contributed by atoms with E-state index in [2.05, 4.69) is 10.6 Å². The molecule has 2 N–H and O–H groups in total. The van der Waals surface area contributed by atoms with Crippen LogP contribution in [0.2, 0.25) is 5.02 Å². The molecule has 2 fully saturated rings. The van der Waals surface area contributed by atoms with Crippen molar-refractivity contribution in [3.8, 4) is 0 Å². The number of halogens is 3. The first-order valence-electron chi connectivity index (χ1n) is 7.72. The topological polar surface area (TPSA) is 33.3 Å². The largest absolute Gasteiger partial charge is 0.379 e. The number of rotatable bonds is 4. The van der Waals surface area contributed by atoms with Gasteiger partial charge in [0.1, 0.15) is 5.82 Å². The molecule has 1 saturated carbocycles. The SMILES string of the molecule is Cl.Fc1ccc(CNC2CCCC2C2COCCN2)cc1Cl. The normalized spacial score (nSPS) is 28.4. The van der Waals surface area contributed by atoms with Crippen molar-refractivity contribution in [2.24, 2.45) is 5.92 Å². The van der Waals surface area contributed by atoms with Crippen molar-refractivity contribution in [1.82, 2.24) is 10.6 Å². The van der Waals surface area contributed by atoms with Crippen LogP contribution in [0.5, 0.6) is 0 Å². The minimum atomic E-state index is -0.359. The van der Waals surface area contributed by atoms with Gasteiger partial charge in [0.15, 0.2) is 0 Å². The first-order valence-corrected chi connectivity index (χ1v) is 8.10. The molecule has 0 radical (unpaired) electrons. The van der Waals surface area contributed by atoms with Crippen molar-refractivity contribution < 1.29 is 9.13 Å². The second kappa shape index (κ2) is 8.46. The van der Waals surface area contributed by atoms with Gasteiger partial charge in [0.05, 0.1) is 18.2 Å². The molecule has 0 bridgehead atoms. The summed E-state index contributed by atoms with van der Waals surface area (Å²) in [7, 11) is 0. The van der Waals surface area contributed by atoms with Crippen molar-refractivity contribution in [2.75, 3.05) is 19.8 Å².